The van der Waals surface area contributed by atoms with Crippen LogP contribution in [-0.2, 0) is 54.8 Å². The average molecular weight is 791 g/mol. The molecule has 0 aromatic heterocycles. The molecule has 4 bridgehead atoms. The zero-order valence-electron chi connectivity index (χ0n) is 35.9. The fraction of sp³-hybridized carbons (Fsp3) is 0.519. The van der Waals surface area contributed by atoms with Gasteiger partial charge in [0, 0.05) is 70.6 Å². The van der Waals surface area contributed by atoms with Crippen LogP contribution in [0.2, 0.25) is 0 Å². The van der Waals surface area contributed by atoms with Crippen molar-refractivity contribution in [3.63, 3.8) is 0 Å². The van der Waals surface area contributed by atoms with Crippen LogP contribution in [0.1, 0.15) is 107 Å². The summed E-state index contributed by atoms with van der Waals surface area (Å²) in [6, 6.07) is 34.9. The van der Waals surface area contributed by atoms with Gasteiger partial charge in [-0.15, -0.1) is 0 Å². The molecule has 6 nitrogen and oxygen atoms in total. The molecule has 2 N–H and O–H groups in total. The molecule has 6 aliphatic heterocycles. The number of fused-ring (bicyclic) bond motifs is 4. The molecule has 310 valence electrons. The Morgan fingerprint density at radius 3 is 1.58 bits per heavy atom. The summed E-state index contributed by atoms with van der Waals surface area (Å²) < 4.78 is 9.88. The maximum Gasteiger partial charge on any atom is 0.108 e. The van der Waals surface area contributed by atoms with E-state index in [0.29, 0.717) is 18.6 Å². The van der Waals surface area contributed by atoms with E-state index < -0.39 is 0 Å². The molecule has 0 amide bonds. The molecule has 12 rings (SSSR count). The van der Waals surface area contributed by atoms with E-state index in [9.17, 15) is 0 Å². The van der Waals surface area contributed by atoms with Gasteiger partial charge in [0.25, 0.3) is 0 Å². The Bertz CT molecular complexity index is 1980. The highest BCUT2D eigenvalue weighted by molar-refractivity contribution is 6.11. The highest BCUT2D eigenvalue weighted by atomic mass is 16.5. The Morgan fingerprint density at radius 2 is 1.17 bits per heavy atom. The number of hydrogen-bond donors (Lipinski definition) is 1. The molecule has 4 saturated heterocycles. The van der Waals surface area contributed by atoms with Crippen LogP contribution in [0.3, 0.4) is 0 Å². The van der Waals surface area contributed by atoms with E-state index in [1.807, 2.05) is 13.0 Å². The maximum atomic E-state index is 9.12. The second-order valence-corrected chi connectivity index (χ2v) is 18.0. The first-order chi connectivity index (χ1) is 28.8. The van der Waals surface area contributed by atoms with Crippen molar-refractivity contribution in [1.82, 2.24) is 9.80 Å². The van der Waals surface area contributed by atoms with Crippen molar-refractivity contribution >= 4 is 7.85 Å². The predicted molar refractivity (Wildman–Crippen MR) is 241 cm³/mol. The maximum absolute atomic E-state index is 9.12. The topological polar surface area (TPSA) is 74.8 Å². The Kier molecular flexibility index (Phi) is 15.9. The minimum Gasteiger partial charge on any atom is -0.388 e. The molecule has 2 aliphatic carbocycles. The third kappa shape index (κ3) is 12.2. The molecular weight excluding hydrogens is 723 g/mol. The summed E-state index contributed by atoms with van der Waals surface area (Å²) in [5, 5.41) is 9.12. The Hall–Kier alpha value is -3.77. The van der Waals surface area contributed by atoms with Crippen LogP contribution in [0.4, 0.5) is 0 Å². The monoisotopic (exact) mass is 791 g/mol. The minimum absolute atomic E-state index is 0.0463. The third-order valence-corrected chi connectivity index (χ3v) is 13.6. The number of ether oxygens (including phenoxy) is 2. The lowest BCUT2D eigenvalue weighted by molar-refractivity contribution is 0.0938. The van der Waals surface area contributed by atoms with E-state index in [1.54, 1.807) is 22.3 Å². The minimum atomic E-state index is 0.0463. The summed E-state index contributed by atoms with van der Waals surface area (Å²) in [6.45, 7) is 12.3. The average Bonchev–Trinajstić information content (AvgIpc) is 3.98. The summed E-state index contributed by atoms with van der Waals surface area (Å²) in [5.74, 6) is 1.59. The number of nitriles is 1. The van der Waals surface area contributed by atoms with E-state index >= 15 is 0 Å². The SMILES string of the molecule is C1CCOC1.Cc1cc(CN2CC3CCC2Cc2ccccc2C3)ccc1C#N.Cc1cc(CN2CC3CCC2Cc2ccccc2C3)ccc1CN.[B]C1CCCO1. The first-order valence-corrected chi connectivity index (χ1v) is 22.7. The van der Waals surface area contributed by atoms with Gasteiger partial charge in [-0.25, -0.2) is 0 Å². The zero-order valence-corrected chi connectivity index (χ0v) is 35.9. The summed E-state index contributed by atoms with van der Waals surface area (Å²) >= 11 is 0. The van der Waals surface area contributed by atoms with Gasteiger partial charge >= 0.3 is 0 Å². The van der Waals surface area contributed by atoms with Crippen LogP contribution in [0.15, 0.2) is 84.9 Å². The lowest BCUT2D eigenvalue weighted by Crippen LogP contribution is -2.46. The summed E-state index contributed by atoms with van der Waals surface area (Å²) in [6.07, 6.45) is 15.0. The second kappa shape index (κ2) is 21.7. The number of aryl methyl sites for hydroxylation is 2. The summed E-state index contributed by atoms with van der Waals surface area (Å²) in [5.41, 5.74) is 19.4. The van der Waals surface area contributed by atoms with Crippen molar-refractivity contribution < 1.29 is 9.47 Å². The number of nitrogens with two attached hydrogens (primary N) is 1. The fourth-order valence-corrected chi connectivity index (χ4v) is 10.2. The molecule has 2 radical (unpaired) electrons. The molecule has 0 spiro atoms. The van der Waals surface area contributed by atoms with Gasteiger partial charge in [0.2, 0.25) is 0 Å². The lowest BCUT2D eigenvalue weighted by Gasteiger charge is -2.42. The van der Waals surface area contributed by atoms with Gasteiger partial charge in [-0.05, 0) is 159 Å². The van der Waals surface area contributed by atoms with E-state index in [1.165, 1.54) is 99.6 Å². The largest absolute Gasteiger partial charge is 0.388 e. The van der Waals surface area contributed by atoms with E-state index in [-0.39, 0.29) is 6.00 Å². The summed E-state index contributed by atoms with van der Waals surface area (Å²) in [7, 11) is 5.31. The van der Waals surface area contributed by atoms with Crippen LogP contribution >= 0.6 is 0 Å². The molecule has 4 aromatic carbocycles. The molecule has 6 heterocycles. The smallest absolute Gasteiger partial charge is 0.108 e. The van der Waals surface area contributed by atoms with Crippen LogP contribution in [0.5, 0.6) is 0 Å². The number of rotatable bonds is 5. The van der Waals surface area contributed by atoms with Crippen molar-refractivity contribution in [2.24, 2.45) is 17.6 Å². The van der Waals surface area contributed by atoms with Gasteiger partial charge in [-0.3, -0.25) is 9.80 Å². The zero-order chi connectivity index (χ0) is 41.0. The molecule has 59 heavy (non-hydrogen) atoms. The second-order valence-electron chi connectivity index (χ2n) is 18.0. The molecule has 0 saturated carbocycles. The van der Waals surface area contributed by atoms with Crippen molar-refractivity contribution in [3.8, 4) is 6.07 Å². The third-order valence-electron chi connectivity index (χ3n) is 13.6. The van der Waals surface area contributed by atoms with Gasteiger partial charge in [-0.2, -0.15) is 5.26 Å². The van der Waals surface area contributed by atoms with Gasteiger partial charge in [0.05, 0.1) is 11.6 Å². The molecule has 5 atom stereocenters. The van der Waals surface area contributed by atoms with Gasteiger partial charge in [0.1, 0.15) is 7.85 Å². The van der Waals surface area contributed by atoms with Crippen LogP contribution < -0.4 is 5.73 Å². The van der Waals surface area contributed by atoms with Crippen molar-refractivity contribution in [2.45, 2.75) is 129 Å². The first kappa shape index (κ1) is 43.3. The first-order valence-electron chi connectivity index (χ1n) is 22.7. The van der Waals surface area contributed by atoms with Crippen molar-refractivity contribution in [1.29, 1.82) is 5.26 Å². The number of piperidine rings is 2. The highest BCUT2D eigenvalue weighted by Gasteiger charge is 2.33. The fourth-order valence-electron chi connectivity index (χ4n) is 10.2. The van der Waals surface area contributed by atoms with Crippen molar-refractivity contribution in [2.75, 3.05) is 32.9 Å². The van der Waals surface area contributed by atoms with Gasteiger partial charge in [-0.1, -0.05) is 78.9 Å². The number of hydrogen-bond acceptors (Lipinski definition) is 6. The Morgan fingerprint density at radius 1 is 0.644 bits per heavy atom. The molecular formula is C52H67BN4O2. The Balaban J connectivity index is 0.000000142. The van der Waals surface area contributed by atoms with Crippen molar-refractivity contribution in [3.05, 3.63) is 141 Å². The van der Waals surface area contributed by atoms with Gasteiger partial charge < -0.3 is 15.2 Å². The van der Waals surface area contributed by atoms with E-state index in [0.717, 1.165) is 68.7 Å². The quantitative estimate of drug-likeness (QED) is 0.204. The molecule has 4 aromatic rings. The van der Waals surface area contributed by atoms with Crippen LogP contribution in [0.25, 0.3) is 0 Å². The molecule has 5 unspecified atom stereocenters. The van der Waals surface area contributed by atoms with Gasteiger partial charge in [0.15, 0.2) is 0 Å². The molecule has 8 aliphatic rings. The normalized spacial score (nSPS) is 24.5. The molecule has 7 heteroatoms. The van der Waals surface area contributed by atoms with E-state index in [4.69, 9.17) is 28.3 Å². The van der Waals surface area contributed by atoms with Crippen LogP contribution in [0, 0.1) is 37.0 Å². The van der Waals surface area contributed by atoms with Crippen LogP contribution in [-0.4, -0.2) is 68.6 Å². The lowest BCUT2D eigenvalue weighted by atomic mass is 9.80. The standard InChI is InChI=1S/C22H28N2.C22H24N2.C4H7BO.C4H8O/c2*1-16-10-17(6-8-21(16)13-23)14-24-15-18-7-9-22(24)12-20-5-3-2-4-19(20)11-18;5-4-2-1-3-6-4;1-2-4-5-3-1/h2-6,8,10,18,22H,7,9,11-15,23H2,1H3;2-6,8,10,18,22H,7,9,11-12,14-15H2,1H3;4H,1-3H2;1-4H2. The summed E-state index contributed by atoms with van der Waals surface area (Å²) in [4.78, 5) is 5.42. The molecule has 4 fully saturated rings. The number of benzene rings is 4. The highest BCUT2D eigenvalue weighted by Crippen LogP contribution is 2.35. The predicted octanol–water partition coefficient (Wildman–Crippen LogP) is 9.17. The van der Waals surface area contributed by atoms with E-state index in [2.05, 4.69) is 102 Å². The Labute approximate surface area is 356 Å². The number of nitrogens with zero attached hydrogens (tertiary/aromatic N) is 3.